The summed E-state index contributed by atoms with van der Waals surface area (Å²) in [5.41, 5.74) is 3.45. The minimum absolute atomic E-state index is 0.131. The molecule has 0 aliphatic carbocycles. The van der Waals surface area contributed by atoms with Crippen molar-refractivity contribution in [3.8, 4) is 17.5 Å². The molecule has 5 nitrogen and oxygen atoms in total. The number of anilines is 1. The van der Waals surface area contributed by atoms with E-state index in [1.807, 2.05) is 24.3 Å². The molecule has 0 fully saturated rings. The number of fused-ring (bicyclic) bond motifs is 1. The molecule has 4 rings (SSSR count). The van der Waals surface area contributed by atoms with E-state index in [0.29, 0.717) is 28.6 Å². The van der Waals surface area contributed by atoms with E-state index < -0.39 is 11.7 Å². The Morgan fingerprint density at radius 2 is 2.03 bits per heavy atom. The van der Waals surface area contributed by atoms with Crippen molar-refractivity contribution in [1.29, 1.82) is 5.26 Å². The zero-order chi connectivity index (χ0) is 22.8. The van der Waals surface area contributed by atoms with Crippen molar-refractivity contribution in [2.45, 2.75) is 26.2 Å². The summed E-state index contributed by atoms with van der Waals surface area (Å²) < 4.78 is 20.1. The number of oxazole rings is 1. The Hall–Kier alpha value is -3.69. The average Bonchev–Trinajstić information content (AvgIpc) is 3.23. The Morgan fingerprint density at radius 3 is 2.75 bits per heavy atom. The molecule has 0 saturated heterocycles. The summed E-state index contributed by atoms with van der Waals surface area (Å²) in [7, 11) is 0. The third-order valence-corrected chi connectivity index (χ3v) is 5.73. The molecule has 0 saturated carbocycles. The van der Waals surface area contributed by atoms with Gasteiger partial charge in [0, 0.05) is 5.56 Å². The number of rotatable bonds is 5. The van der Waals surface area contributed by atoms with Crippen LogP contribution in [0.2, 0.25) is 5.02 Å². The highest BCUT2D eigenvalue weighted by atomic mass is 35.5. The van der Waals surface area contributed by atoms with Crippen LogP contribution in [-0.4, -0.2) is 10.9 Å². The normalized spacial score (nSPS) is 11.8. The van der Waals surface area contributed by atoms with Gasteiger partial charge in [-0.25, -0.2) is 9.37 Å². The van der Waals surface area contributed by atoms with E-state index in [1.54, 1.807) is 18.2 Å². The predicted octanol–water partition coefficient (Wildman–Crippen LogP) is 6.92. The summed E-state index contributed by atoms with van der Waals surface area (Å²) >= 11 is 6.25. The van der Waals surface area contributed by atoms with Crippen LogP contribution in [0.25, 0.3) is 22.6 Å². The molecular weight excluding hydrogens is 429 g/mol. The number of amides is 1. The van der Waals surface area contributed by atoms with Gasteiger partial charge in [-0.2, -0.15) is 5.26 Å². The van der Waals surface area contributed by atoms with Crippen molar-refractivity contribution in [3.05, 3.63) is 82.1 Å². The fourth-order valence-corrected chi connectivity index (χ4v) is 3.49. The second-order valence-corrected chi connectivity index (χ2v) is 7.92. The summed E-state index contributed by atoms with van der Waals surface area (Å²) in [5.74, 6) is -0.663. The molecule has 32 heavy (non-hydrogen) atoms. The van der Waals surface area contributed by atoms with Crippen LogP contribution < -0.4 is 5.32 Å². The number of carbonyl (C=O) groups excluding carboxylic acids is 1. The molecule has 1 atom stereocenters. The molecule has 1 N–H and O–H groups in total. The molecule has 0 aliphatic rings. The monoisotopic (exact) mass is 447 g/mol. The van der Waals surface area contributed by atoms with Crippen LogP contribution in [0.5, 0.6) is 0 Å². The highest BCUT2D eigenvalue weighted by Crippen LogP contribution is 2.32. The van der Waals surface area contributed by atoms with Crippen molar-refractivity contribution in [1.82, 2.24) is 4.98 Å². The van der Waals surface area contributed by atoms with Crippen LogP contribution in [0, 0.1) is 17.1 Å². The van der Waals surface area contributed by atoms with Crippen molar-refractivity contribution in [3.63, 3.8) is 0 Å². The lowest BCUT2D eigenvalue weighted by Gasteiger charge is -2.09. The first-order valence-electron chi connectivity index (χ1n) is 10.1. The van der Waals surface area contributed by atoms with Gasteiger partial charge in [0.05, 0.1) is 27.9 Å². The number of halogens is 2. The molecule has 1 heterocycles. The van der Waals surface area contributed by atoms with E-state index in [0.717, 1.165) is 18.0 Å². The molecule has 0 bridgehead atoms. The number of aromatic nitrogens is 1. The van der Waals surface area contributed by atoms with E-state index in [1.165, 1.54) is 17.7 Å². The van der Waals surface area contributed by atoms with E-state index in [4.69, 9.17) is 21.3 Å². The van der Waals surface area contributed by atoms with Crippen LogP contribution >= 0.6 is 11.6 Å². The van der Waals surface area contributed by atoms with Gasteiger partial charge in [-0.1, -0.05) is 31.5 Å². The lowest BCUT2D eigenvalue weighted by Crippen LogP contribution is -2.14. The molecule has 0 radical (unpaired) electrons. The number of hydrogen-bond acceptors (Lipinski definition) is 4. The van der Waals surface area contributed by atoms with Gasteiger partial charge in [-0.05, 0) is 66.4 Å². The lowest BCUT2D eigenvalue weighted by molar-refractivity contribution is 0.102. The minimum Gasteiger partial charge on any atom is -0.436 e. The van der Waals surface area contributed by atoms with Gasteiger partial charge in [0.15, 0.2) is 5.58 Å². The van der Waals surface area contributed by atoms with Crippen LogP contribution in [-0.2, 0) is 0 Å². The van der Waals surface area contributed by atoms with Gasteiger partial charge in [0.1, 0.15) is 11.3 Å². The lowest BCUT2D eigenvalue weighted by atomic mass is 9.98. The van der Waals surface area contributed by atoms with Gasteiger partial charge < -0.3 is 9.73 Å². The van der Waals surface area contributed by atoms with Crippen LogP contribution in [0.3, 0.4) is 0 Å². The number of carbonyl (C=O) groups is 1. The van der Waals surface area contributed by atoms with E-state index in [9.17, 15) is 9.18 Å². The van der Waals surface area contributed by atoms with Gasteiger partial charge in [-0.15, -0.1) is 0 Å². The first-order valence-corrected chi connectivity index (χ1v) is 10.5. The van der Waals surface area contributed by atoms with Gasteiger partial charge >= 0.3 is 0 Å². The Balaban J connectivity index is 1.64. The van der Waals surface area contributed by atoms with Crippen molar-refractivity contribution in [2.24, 2.45) is 0 Å². The number of nitrogens with zero attached hydrogens (tertiary/aromatic N) is 2. The van der Waals surface area contributed by atoms with Crippen LogP contribution in [0.1, 0.15) is 47.7 Å². The third kappa shape index (κ3) is 4.20. The zero-order valence-corrected chi connectivity index (χ0v) is 18.2. The van der Waals surface area contributed by atoms with Gasteiger partial charge in [0.2, 0.25) is 5.89 Å². The summed E-state index contributed by atoms with van der Waals surface area (Å²) in [6.45, 7) is 4.30. The molecule has 3 aromatic carbocycles. The summed E-state index contributed by atoms with van der Waals surface area (Å²) in [6, 6.07) is 16.4. The largest absolute Gasteiger partial charge is 0.436 e. The highest BCUT2D eigenvalue weighted by Gasteiger charge is 2.16. The minimum atomic E-state index is -0.787. The zero-order valence-electron chi connectivity index (χ0n) is 17.4. The van der Waals surface area contributed by atoms with Crippen LogP contribution in [0.4, 0.5) is 10.1 Å². The number of benzene rings is 3. The second-order valence-electron chi connectivity index (χ2n) is 7.51. The third-order valence-electron chi connectivity index (χ3n) is 5.40. The summed E-state index contributed by atoms with van der Waals surface area (Å²) in [6.07, 6.45) is 1.02. The topological polar surface area (TPSA) is 78.9 Å². The van der Waals surface area contributed by atoms with E-state index in [2.05, 4.69) is 24.1 Å². The predicted molar refractivity (Wildman–Crippen MR) is 122 cm³/mol. The maximum absolute atomic E-state index is 14.2. The Bertz CT molecular complexity index is 1370. The highest BCUT2D eigenvalue weighted by molar-refractivity contribution is 6.34. The average molecular weight is 448 g/mol. The van der Waals surface area contributed by atoms with Crippen molar-refractivity contribution >= 4 is 34.3 Å². The first kappa shape index (κ1) is 21.5. The maximum Gasteiger partial charge on any atom is 0.258 e. The quantitative estimate of drug-likeness (QED) is 0.360. The van der Waals surface area contributed by atoms with Gasteiger partial charge in [-0.3, -0.25) is 4.79 Å². The second kappa shape index (κ2) is 8.81. The molecule has 160 valence electrons. The molecule has 1 aromatic heterocycles. The van der Waals surface area contributed by atoms with E-state index in [-0.39, 0.29) is 16.1 Å². The molecule has 0 spiro atoms. The first-order chi connectivity index (χ1) is 15.4. The molecular formula is C25H19ClFN3O2. The fourth-order valence-electron chi connectivity index (χ4n) is 3.32. The smallest absolute Gasteiger partial charge is 0.258 e. The standard InChI is InChI=1S/C25H19ClFN3O2/c1-3-14(2)16-6-9-23-22(11-16)30-25(32-23)17-5-8-19(26)21(12-17)29-24(31)18-7-4-15(13-28)10-20(18)27/h4-12,14H,3H2,1-2H3,(H,29,31). The SMILES string of the molecule is CCC(C)c1ccc2oc(-c3ccc(Cl)c(NC(=O)c4ccc(C#N)cc4F)c3)nc2c1. The molecule has 1 unspecified atom stereocenters. The van der Waals surface area contributed by atoms with Gasteiger partial charge in [0.25, 0.3) is 5.91 Å². The van der Waals surface area contributed by atoms with Crippen molar-refractivity contribution in [2.75, 3.05) is 5.32 Å². The Kier molecular flexibility index (Phi) is 5.93. The summed E-state index contributed by atoms with van der Waals surface area (Å²) in [5, 5.41) is 11.8. The molecule has 4 aromatic rings. The van der Waals surface area contributed by atoms with E-state index >= 15 is 0 Å². The number of hydrogen-bond donors (Lipinski definition) is 1. The van der Waals surface area contributed by atoms with Crippen LogP contribution in [0.15, 0.2) is 59.0 Å². The molecule has 0 aliphatic heterocycles. The number of nitrogens with one attached hydrogen (secondary N) is 1. The Morgan fingerprint density at radius 1 is 1.22 bits per heavy atom. The molecule has 1 amide bonds. The number of nitriles is 1. The van der Waals surface area contributed by atoms with Crippen molar-refractivity contribution < 1.29 is 13.6 Å². The Labute approximate surface area is 189 Å². The summed E-state index contributed by atoms with van der Waals surface area (Å²) in [4.78, 5) is 17.2. The molecule has 7 heteroatoms. The maximum atomic E-state index is 14.2. The fraction of sp³-hybridized carbons (Fsp3) is 0.160.